The Morgan fingerprint density at radius 1 is 1.42 bits per heavy atom. The van der Waals surface area contributed by atoms with Crippen LogP contribution < -0.4 is 4.74 Å². The lowest BCUT2D eigenvalue weighted by Gasteiger charge is -2.08. The minimum Gasteiger partial charge on any atom is -0.494 e. The second kappa shape index (κ2) is 6.73. The summed E-state index contributed by atoms with van der Waals surface area (Å²) >= 11 is 0. The lowest BCUT2D eigenvalue weighted by atomic mass is 10.2. The quantitative estimate of drug-likeness (QED) is 0.566. The minimum atomic E-state index is 0.629. The highest BCUT2D eigenvalue weighted by atomic mass is 16.5. The third-order valence-electron chi connectivity index (χ3n) is 2.92. The maximum Gasteiger partial charge on any atom is 0.150 e. The van der Waals surface area contributed by atoms with E-state index in [-0.39, 0.29) is 0 Å². The molecule has 0 saturated carbocycles. The summed E-state index contributed by atoms with van der Waals surface area (Å²) in [7, 11) is 0. The van der Waals surface area contributed by atoms with Crippen LogP contribution in [0.1, 0.15) is 29.5 Å². The average Bonchev–Trinajstić information content (AvgIpc) is 2.91. The standard InChI is InChI=1S/C15H18N2O2/c1-2-15-16-7-9-17(15)8-4-10-19-14-6-3-5-13(11-14)12-18/h3,5-7,9,11-12H,2,4,8,10H2,1H3. The van der Waals surface area contributed by atoms with E-state index in [4.69, 9.17) is 4.74 Å². The van der Waals surface area contributed by atoms with Gasteiger partial charge >= 0.3 is 0 Å². The Morgan fingerprint density at radius 3 is 3.11 bits per heavy atom. The van der Waals surface area contributed by atoms with Gasteiger partial charge in [0.1, 0.15) is 17.9 Å². The third kappa shape index (κ3) is 3.68. The molecular formula is C15H18N2O2. The molecule has 0 amide bonds. The molecule has 1 aromatic heterocycles. The van der Waals surface area contributed by atoms with Crippen molar-refractivity contribution in [3.05, 3.63) is 48.0 Å². The first-order chi connectivity index (χ1) is 9.33. The summed E-state index contributed by atoms with van der Waals surface area (Å²) in [6, 6.07) is 7.20. The Morgan fingerprint density at radius 2 is 2.32 bits per heavy atom. The van der Waals surface area contributed by atoms with E-state index in [1.807, 2.05) is 24.5 Å². The van der Waals surface area contributed by atoms with Crippen LogP contribution in [0, 0.1) is 0 Å². The zero-order chi connectivity index (χ0) is 13.5. The van der Waals surface area contributed by atoms with Crippen LogP contribution >= 0.6 is 0 Å². The number of ether oxygens (including phenoxy) is 1. The number of aromatic nitrogens is 2. The number of hydrogen-bond donors (Lipinski definition) is 0. The number of hydrogen-bond acceptors (Lipinski definition) is 3. The van der Waals surface area contributed by atoms with E-state index in [1.54, 1.807) is 12.1 Å². The lowest BCUT2D eigenvalue weighted by molar-refractivity contribution is 0.112. The van der Waals surface area contributed by atoms with Gasteiger partial charge < -0.3 is 9.30 Å². The fraction of sp³-hybridized carbons (Fsp3) is 0.333. The smallest absolute Gasteiger partial charge is 0.150 e. The van der Waals surface area contributed by atoms with Crippen molar-refractivity contribution in [2.45, 2.75) is 26.3 Å². The van der Waals surface area contributed by atoms with Crippen molar-refractivity contribution >= 4 is 6.29 Å². The molecule has 0 saturated heterocycles. The van der Waals surface area contributed by atoms with E-state index >= 15 is 0 Å². The van der Waals surface area contributed by atoms with Crippen LogP contribution in [0.15, 0.2) is 36.7 Å². The van der Waals surface area contributed by atoms with Crippen molar-refractivity contribution in [3.63, 3.8) is 0 Å². The molecule has 0 unspecified atom stereocenters. The van der Waals surface area contributed by atoms with Gasteiger partial charge in [0, 0.05) is 30.9 Å². The molecule has 1 aromatic carbocycles. The summed E-state index contributed by atoms with van der Waals surface area (Å²) in [4.78, 5) is 14.9. The van der Waals surface area contributed by atoms with E-state index in [9.17, 15) is 4.79 Å². The number of rotatable bonds is 7. The maximum absolute atomic E-state index is 10.6. The molecule has 0 aliphatic heterocycles. The molecule has 0 fully saturated rings. The predicted molar refractivity (Wildman–Crippen MR) is 73.5 cm³/mol. The Balaban J connectivity index is 1.79. The summed E-state index contributed by atoms with van der Waals surface area (Å²) in [5.74, 6) is 1.84. The van der Waals surface area contributed by atoms with Crippen molar-refractivity contribution < 1.29 is 9.53 Å². The van der Waals surface area contributed by atoms with Gasteiger partial charge in [-0.25, -0.2) is 4.98 Å². The summed E-state index contributed by atoms with van der Waals surface area (Å²) in [6.07, 6.45) is 6.49. The van der Waals surface area contributed by atoms with Crippen molar-refractivity contribution in [3.8, 4) is 5.75 Å². The molecule has 4 heteroatoms. The molecule has 2 aromatic rings. The van der Waals surface area contributed by atoms with Crippen LogP contribution in [-0.4, -0.2) is 22.4 Å². The highest BCUT2D eigenvalue weighted by molar-refractivity contribution is 5.75. The number of carbonyl (C=O) groups is 1. The number of benzene rings is 1. The first-order valence-corrected chi connectivity index (χ1v) is 6.51. The zero-order valence-electron chi connectivity index (χ0n) is 11.1. The third-order valence-corrected chi connectivity index (χ3v) is 2.92. The number of aldehydes is 1. The van der Waals surface area contributed by atoms with Crippen LogP contribution in [0.2, 0.25) is 0 Å². The van der Waals surface area contributed by atoms with Crippen molar-refractivity contribution in [1.29, 1.82) is 0 Å². The fourth-order valence-corrected chi connectivity index (χ4v) is 1.96. The first kappa shape index (κ1) is 13.3. The zero-order valence-corrected chi connectivity index (χ0v) is 11.1. The molecule has 4 nitrogen and oxygen atoms in total. The Hall–Kier alpha value is -2.10. The maximum atomic E-state index is 10.6. The van der Waals surface area contributed by atoms with Gasteiger partial charge in [-0.05, 0) is 18.6 Å². The fourth-order valence-electron chi connectivity index (χ4n) is 1.96. The van der Waals surface area contributed by atoms with E-state index < -0.39 is 0 Å². The summed E-state index contributed by atoms with van der Waals surface area (Å²) < 4.78 is 7.77. The van der Waals surface area contributed by atoms with Gasteiger partial charge in [-0.3, -0.25) is 4.79 Å². The molecule has 0 atom stereocenters. The summed E-state index contributed by atoms with van der Waals surface area (Å²) in [5, 5.41) is 0. The monoisotopic (exact) mass is 258 g/mol. The molecule has 0 N–H and O–H groups in total. The van der Waals surface area contributed by atoms with Crippen LogP contribution in [0.25, 0.3) is 0 Å². The van der Waals surface area contributed by atoms with E-state index in [0.717, 1.165) is 37.2 Å². The predicted octanol–water partition coefficient (Wildman–Crippen LogP) is 2.73. The first-order valence-electron chi connectivity index (χ1n) is 6.51. The second-order valence-electron chi connectivity index (χ2n) is 4.28. The summed E-state index contributed by atoms with van der Waals surface area (Å²) in [5.41, 5.74) is 0.639. The molecule has 2 rings (SSSR count). The number of aryl methyl sites for hydroxylation is 2. The van der Waals surface area contributed by atoms with E-state index in [2.05, 4.69) is 16.5 Å². The second-order valence-corrected chi connectivity index (χ2v) is 4.28. The molecule has 0 radical (unpaired) electrons. The van der Waals surface area contributed by atoms with Crippen molar-refractivity contribution in [1.82, 2.24) is 9.55 Å². The van der Waals surface area contributed by atoms with Gasteiger partial charge in [0.2, 0.25) is 0 Å². The number of nitrogens with zero attached hydrogens (tertiary/aromatic N) is 2. The van der Waals surface area contributed by atoms with Gasteiger partial charge in [0.25, 0.3) is 0 Å². The topological polar surface area (TPSA) is 44.1 Å². The highest BCUT2D eigenvalue weighted by Gasteiger charge is 2.00. The molecular weight excluding hydrogens is 240 g/mol. The number of imidazole rings is 1. The highest BCUT2D eigenvalue weighted by Crippen LogP contribution is 2.12. The molecule has 1 heterocycles. The largest absolute Gasteiger partial charge is 0.494 e. The molecule has 0 aliphatic rings. The van der Waals surface area contributed by atoms with Gasteiger partial charge in [0.05, 0.1) is 6.61 Å². The Bertz CT molecular complexity index is 534. The Kier molecular flexibility index (Phi) is 4.72. The lowest BCUT2D eigenvalue weighted by Crippen LogP contribution is -2.06. The van der Waals surface area contributed by atoms with Gasteiger partial charge in [-0.1, -0.05) is 19.1 Å². The van der Waals surface area contributed by atoms with Crippen LogP contribution in [0.3, 0.4) is 0 Å². The van der Waals surface area contributed by atoms with E-state index in [0.29, 0.717) is 12.2 Å². The molecule has 0 aliphatic carbocycles. The van der Waals surface area contributed by atoms with Crippen LogP contribution in [0.4, 0.5) is 0 Å². The molecule has 100 valence electrons. The van der Waals surface area contributed by atoms with E-state index in [1.165, 1.54) is 0 Å². The molecule has 0 bridgehead atoms. The molecule has 0 spiro atoms. The average molecular weight is 258 g/mol. The van der Waals surface area contributed by atoms with Crippen molar-refractivity contribution in [2.75, 3.05) is 6.61 Å². The SMILES string of the molecule is CCc1nccn1CCCOc1cccc(C=O)c1. The Labute approximate surface area is 113 Å². The number of carbonyl (C=O) groups excluding carboxylic acids is 1. The normalized spacial score (nSPS) is 10.4. The van der Waals surface area contributed by atoms with Gasteiger partial charge in [0.15, 0.2) is 0 Å². The molecule has 19 heavy (non-hydrogen) atoms. The summed E-state index contributed by atoms with van der Waals surface area (Å²) in [6.45, 7) is 3.63. The minimum absolute atomic E-state index is 0.629. The van der Waals surface area contributed by atoms with Crippen LogP contribution in [0.5, 0.6) is 5.75 Å². The van der Waals surface area contributed by atoms with Gasteiger partial charge in [-0.15, -0.1) is 0 Å². The van der Waals surface area contributed by atoms with Crippen LogP contribution in [-0.2, 0) is 13.0 Å². The van der Waals surface area contributed by atoms with Crippen molar-refractivity contribution in [2.24, 2.45) is 0 Å². The van der Waals surface area contributed by atoms with Gasteiger partial charge in [-0.2, -0.15) is 0 Å².